The van der Waals surface area contributed by atoms with Gasteiger partial charge in [0.25, 0.3) is 0 Å². The second-order valence-corrected chi connectivity index (χ2v) is 6.28. The van der Waals surface area contributed by atoms with Gasteiger partial charge >= 0.3 is 0 Å². The molecule has 2 unspecified atom stereocenters. The van der Waals surface area contributed by atoms with Crippen LogP contribution in [0.3, 0.4) is 0 Å². The molecule has 1 aliphatic carbocycles. The second kappa shape index (κ2) is 7.12. The number of rotatable bonds is 4. The molecule has 0 spiro atoms. The van der Waals surface area contributed by atoms with Gasteiger partial charge < -0.3 is 5.32 Å². The van der Waals surface area contributed by atoms with Crippen LogP contribution < -0.4 is 5.32 Å². The van der Waals surface area contributed by atoms with Crippen LogP contribution in [0.15, 0.2) is 18.2 Å². The summed E-state index contributed by atoms with van der Waals surface area (Å²) in [5.74, 6) is 1.21. The number of benzene rings is 1. The number of hydrogen-bond donors (Lipinski definition) is 1. The molecule has 2 rings (SSSR count). The lowest BCUT2D eigenvalue weighted by atomic mass is 9.85. The summed E-state index contributed by atoms with van der Waals surface area (Å²) in [5.41, 5.74) is 3.60. The third-order valence-corrected chi connectivity index (χ3v) is 4.79. The van der Waals surface area contributed by atoms with Crippen LogP contribution in [0.5, 0.6) is 0 Å². The van der Waals surface area contributed by atoms with Crippen molar-refractivity contribution in [3.8, 4) is 0 Å². The summed E-state index contributed by atoms with van der Waals surface area (Å²) in [4.78, 5) is 12.2. The van der Waals surface area contributed by atoms with Crippen LogP contribution in [0.2, 0.25) is 0 Å². The molecule has 1 saturated carbocycles. The number of carbonyl (C=O) groups is 1. The summed E-state index contributed by atoms with van der Waals surface area (Å²) in [7, 11) is 0. The van der Waals surface area contributed by atoms with Crippen molar-refractivity contribution in [1.82, 2.24) is 5.32 Å². The molecule has 0 saturated heterocycles. The number of amides is 1. The lowest BCUT2D eigenvalue weighted by Crippen LogP contribution is -2.43. The van der Waals surface area contributed by atoms with E-state index in [2.05, 4.69) is 31.3 Å². The van der Waals surface area contributed by atoms with E-state index in [-0.39, 0.29) is 11.9 Å². The highest BCUT2D eigenvalue weighted by Crippen LogP contribution is 2.25. The van der Waals surface area contributed by atoms with Crippen LogP contribution >= 0.6 is 11.6 Å². The molecule has 0 bridgehead atoms. The molecule has 0 heterocycles. The van der Waals surface area contributed by atoms with Crippen molar-refractivity contribution in [1.29, 1.82) is 0 Å². The minimum absolute atomic E-state index is 0.121. The minimum atomic E-state index is 0.121. The average molecular weight is 294 g/mol. The topological polar surface area (TPSA) is 29.1 Å². The van der Waals surface area contributed by atoms with E-state index in [1.807, 2.05) is 6.07 Å². The zero-order chi connectivity index (χ0) is 14.5. The number of alkyl halides is 1. The van der Waals surface area contributed by atoms with E-state index < -0.39 is 0 Å². The summed E-state index contributed by atoms with van der Waals surface area (Å²) >= 11 is 6.01. The Morgan fingerprint density at radius 2 is 2.00 bits per heavy atom. The minimum Gasteiger partial charge on any atom is -0.353 e. The number of carbonyl (C=O) groups excluding carboxylic acids is 1. The Morgan fingerprint density at radius 1 is 1.25 bits per heavy atom. The van der Waals surface area contributed by atoms with Gasteiger partial charge in [0.05, 0.1) is 6.42 Å². The molecule has 20 heavy (non-hydrogen) atoms. The summed E-state index contributed by atoms with van der Waals surface area (Å²) in [6.07, 6.45) is 5.10. The standard InChI is InChI=1S/C17H24ClNO/c1-12-7-8-14(9-13(12)2)10-17(20)19-16-6-4-3-5-15(16)11-18/h7-9,15-16H,3-6,10-11H2,1-2H3,(H,19,20). The maximum Gasteiger partial charge on any atom is 0.224 e. The fourth-order valence-electron chi connectivity index (χ4n) is 2.94. The van der Waals surface area contributed by atoms with Crippen molar-refractivity contribution >= 4 is 17.5 Å². The van der Waals surface area contributed by atoms with E-state index in [0.29, 0.717) is 18.2 Å². The van der Waals surface area contributed by atoms with E-state index in [0.717, 1.165) is 18.4 Å². The molecule has 1 amide bonds. The smallest absolute Gasteiger partial charge is 0.224 e. The summed E-state index contributed by atoms with van der Waals surface area (Å²) in [6.45, 7) is 4.17. The first-order valence-corrected chi connectivity index (χ1v) is 8.05. The lowest BCUT2D eigenvalue weighted by Gasteiger charge is -2.30. The summed E-state index contributed by atoms with van der Waals surface area (Å²) in [6, 6.07) is 6.50. The zero-order valence-electron chi connectivity index (χ0n) is 12.4. The molecule has 1 aliphatic rings. The quantitative estimate of drug-likeness (QED) is 0.842. The Morgan fingerprint density at radius 3 is 2.70 bits per heavy atom. The van der Waals surface area contributed by atoms with E-state index in [9.17, 15) is 4.79 Å². The van der Waals surface area contributed by atoms with Gasteiger partial charge in [0.15, 0.2) is 0 Å². The number of hydrogen-bond acceptors (Lipinski definition) is 1. The summed E-state index contributed by atoms with van der Waals surface area (Å²) in [5, 5.41) is 3.18. The fourth-order valence-corrected chi connectivity index (χ4v) is 3.31. The highest BCUT2D eigenvalue weighted by Gasteiger charge is 2.25. The number of aryl methyl sites for hydroxylation is 2. The highest BCUT2D eigenvalue weighted by molar-refractivity contribution is 6.18. The third kappa shape index (κ3) is 3.99. The van der Waals surface area contributed by atoms with Crippen molar-refractivity contribution < 1.29 is 4.79 Å². The zero-order valence-corrected chi connectivity index (χ0v) is 13.2. The maximum absolute atomic E-state index is 12.2. The monoisotopic (exact) mass is 293 g/mol. The molecule has 0 radical (unpaired) electrons. The van der Waals surface area contributed by atoms with Crippen molar-refractivity contribution in [3.63, 3.8) is 0 Å². The Hall–Kier alpha value is -1.02. The molecular formula is C17H24ClNO. The van der Waals surface area contributed by atoms with Crippen molar-refractivity contribution in [2.45, 2.75) is 52.0 Å². The molecule has 1 N–H and O–H groups in total. The number of nitrogens with one attached hydrogen (secondary N) is 1. The van der Waals surface area contributed by atoms with Crippen molar-refractivity contribution in [3.05, 3.63) is 34.9 Å². The van der Waals surface area contributed by atoms with Crippen LogP contribution in [0.4, 0.5) is 0 Å². The van der Waals surface area contributed by atoms with Gasteiger partial charge in [-0.25, -0.2) is 0 Å². The van der Waals surface area contributed by atoms with Gasteiger partial charge in [0.2, 0.25) is 5.91 Å². The Balaban J connectivity index is 1.92. The van der Waals surface area contributed by atoms with E-state index >= 15 is 0 Å². The SMILES string of the molecule is Cc1ccc(CC(=O)NC2CCCCC2CCl)cc1C. The molecule has 1 aromatic carbocycles. The normalized spacial score (nSPS) is 22.6. The van der Waals surface area contributed by atoms with Crippen molar-refractivity contribution in [2.75, 3.05) is 5.88 Å². The maximum atomic E-state index is 12.2. The van der Waals surface area contributed by atoms with Gasteiger partial charge in [-0.3, -0.25) is 4.79 Å². The highest BCUT2D eigenvalue weighted by atomic mass is 35.5. The Labute approximate surface area is 126 Å². The summed E-state index contributed by atoms with van der Waals surface area (Å²) < 4.78 is 0. The van der Waals surface area contributed by atoms with Crippen LogP contribution in [0.25, 0.3) is 0 Å². The van der Waals surface area contributed by atoms with Crippen LogP contribution in [0, 0.1) is 19.8 Å². The Kier molecular flexibility index (Phi) is 5.47. The molecule has 1 aromatic rings. The third-order valence-electron chi connectivity index (χ3n) is 4.39. The first-order chi connectivity index (χ1) is 9.60. The first kappa shape index (κ1) is 15.4. The average Bonchev–Trinajstić information content (AvgIpc) is 2.43. The molecule has 0 aromatic heterocycles. The largest absolute Gasteiger partial charge is 0.353 e. The van der Waals surface area contributed by atoms with Crippen LogP contribution in [-0.4, -0.2) is 17.8 Å². The van der Waals surface area contributed by atoms with Gasteiger partial charge in [0.1, 0.15) is 0 Å². The van der Waals surface area contributed by atoms with Gasteiger partial charge in [-0.05, 0) is 49.3 Å². The predicted octanol–water partition coefficient (Wildman–Crippen LogP) is 3.76. The van der Waals surface area contributed by atoms with Gasteiger partial charge in [-0.2, -0.15) is 0 Å². The van der Waals surface area contributed by atoms with E-state index in [1.165, 1.54) is 24.0 Å². The van der Waals surface area contributed by atoms with Crippen molar-refractivity contribution in [2.24, 2.45) is 5.92 Å². The molecule has 110 valence electrons. The van der Waals surface area contributed by atoms with Crippen LogP contribution in [-0.2, 0) is 11.2 Å². The predicted molar refractivity (Wildman–Crippen MR) is 84.2 cm³/mol. The van der Waals surface area contributed by atoms with Gasteiger partial charge in [0, 0.05) is 11.9 Å². The number of halogens is 1. The lowest BCUT2D eigenvalue weighted by molar-refractivity contribution is -0.121. The van der Waals surface area contributed by atoms with Crippen LogP contribution in [0.1, 0.15) is 42.4 Å². The van der Waals surface area contributed by atoms with E-state index in [1.54, 1.807) is 0 Å². The second-order valence-electron chi connectivity index (χ2n) is 5.97. The first-order valence-electron chi connectivity index (χ1n) is 7.51. The molecular weight excluding hydrogens is 270 g/mol. The van der Waals surface area contributed by atoms with Gasteiger partial charge in [-0.15, -0.1) is 11.6 Å². The molecule has 3 heteroatoms. The molecule has 0 aliphatic heterocycles. The molecule has 2 atom stereocenters. The molecule has 2 nitrogen and oxygen atoms in total. The Bertz CT molecular complexity index is 472. The molecule has 1 fully saturated rings. The van der Waals surface area contributed by atoms with Gasteiger partial charge in [-0.1, -0.05) is 31.0 Å². The van der Waals surface area contributed by atoms with E-state index in [4.69, 9.17) is 11.6 Å². The fraction of sp³-hybridized carbons (Fsp3) is 0.588.